The van der Waals surface area contributed by atoms with Crippen molar-refractivity contribution in [2.45, 2.75) is 32.7 Å². The number of nitrogens with one attached hydrogen (secondary N) is 2. The van der Waals surface area contributed by atoms with E-state index in [1.165, 1.54) is 4.90 Å². The van der Waals surface area contributed by atoms with Crippen LogP contribution in [0.1, 0.15) is 43.9 Å². The van der Waals surface area contributed by atoms with E-state index < -0.39 is 18.0 Å². The Morgan fingerprint density at radius 2 is 2.00 bits per heavy atom. The number of anilines is 1. The molecule has 0 saturated heterocycles. The van der Waals surface area contributed by atoms with E-state index in [0.717, 1.165) is 5.56 Å². The molecule has 2 aromatic carbocycles. The second kappa shape index (κ2) is 9.36. The summed E-state index contributed by atoms with van der Waals surface area (Å²) in [5, 5.41) is 5.68. The number of ether oxygens (including phenoxy) is 2. The molecule has 4 rings (SSSR count). The van der Waals surface area contributed by atoms with Gasteiger partial charge in [0.2, 0.25) is 5.91 Å². The number of cyclic esters (lactones) is 1. The van der Waals surface area contributed by atoms with E-state index in [1.54, 1.807) is 18.2 Å². The quantitative estimate of drug-likeness (QED) is 0.628. The summed E-state index contributed by atoms with van der Waals surface area (Å²) >= 11 is 0. The molecule has 2 aliphatic heterocycles. The lowest BCUT2D eigenvalue weighted by molar-refractivity contribution is -0.136. The molecule has 0 aliphatic carbocycles. The van der Waals surface area contributed by atoms with Crippen LogP contribution in [-0.4, -0.2) is 42.6 Å². The number of esters is 1. The van der Waals surface area contributed by atoms with Crippen LogP contribution < -0.4 is 15.4 Å². The van der Waals surface area contributed by atoms with Crippen molar-refractivity contribution in [1.82, 2.24) is 10.2 Å². The predicted octanol–water partition coefficient (Wildman–Crippen LogP) is 3.72. The summed E-state index contributed by atoms with van der Waals surface area (Å²) in [6.07, 6.45) is 0. The molecule has 2 N–H and O–H groups in total. The lowest BCUT2D eigenvalue weighted by Gasteiger charge is -2.33. The molecule has 8 nitrogen and oxygen atoms in total. The van der Waals surface area contributed by atoms with Crippen molar-refractivity contribution >= 4 is 23.6 Å². The van der Waals surface area contributed by atoms with Crippen molar-refractivity contribution in [3.63, 3.8) is 0 Å². The first-order valence-electron chi connectivity index (χ1n) is 11.0. The molecular formula is C25H27N3O5. The number of hydrogen-bond acceptors (Lipinski definition) is 5. The minimum atomic E-state index is -0.715. The Balaban J connectivity index is 1.59. The first-order chi connectivity index (χ1) is 15.9. The van der Waals surface area contributed by atoms with Gasteiger partial charge in [-0.2, -0.15) is 0 Å². The predicted molar refractivity (Wildman–Crippen MR) is 123 cm³/mol. The maximum absolute atomic E-state index is 13.0. The maximum atomic E-state index is 13.0. The smallest absolute Gasteiger partial charge is 0.338 e. The second-order valence-corrected chi connectivity index (χ2v) is 8.20. The molecule has 1 atom stereocenters. The zero-order chi connectivity index (χ0) is 23.5. The van der Waals surface area contributed by atoms with Crippen LogP contribution in [0.4, 0.5) is 10.5 Å². The van der Waals surface area contributed by atoms with Gasteiger partial charge in [0.05, 0.1) is 23.9 Å². The van der Waals surface area contributed by atoms with Gasteiger partial charge < -0.3 is 20.1 Å². The van der Waals surface area contributed by atoms with E-state index in [2.05, 4.69) is 24.5 Å². The Bertz CT molecular complexity index is 1120. The average Bonchev–Trinajstić information content (AvgIpc) is 3.18. The van der Waals surface area contributed by atoms with E-state index >= 15 is 0 Å². The normalized spacial score (nSPS) is 17.6. The summed E-state index contributed by atoms with van der Waals surface area (Å²) in [6, 6.07) is 13.6. The fourth-order valence-electron chi connectivity index (χ4n) is 4.04. The third kappa shape index (κ3) is 4.55. The Kier molecular flexibility index (Phi) is 6.35. The third-order valence-electron chi connectivity index (χ3n) is 5.67. The van der Waals surface area contributed by atoms with Crippen LogP contribution in [0.3, 0.4) is 0 Å². The molecule has 3 amide bonds. The van der Waals surface area contributed by atoms with Gasteiger partial charge in [-0.25, -0.2) is 9.59 Å². The number of urea groups is 1. The number of carbonyl (C=O) groups excluding carboxylic acids is 3. The van der Waals surface area contributed by atoms with Gasteiger partial charge in [-0.15, -0.1) is 0 Å². The van der Waals surface area contributed by atoms with Gasteiger partial charge in [0.25, 0.3) is 0 Å². The van der Waals surface area contributed by atoms with Crippen molar-refractivity contribution < 1.29 is 23.9 Å². The molecule has 0 aromatic heterocycles. The third-order valence-corrected chi connectivity index (χ3v) is 5.67. The number of nitrogens with zero attached hydrogens (tertiary/aromatic N) is 1. The minimum absolute atomic E-state index is 0.0645. The van der Waals surface area contributed by atoms with Gasteiger partial charge in [-0.3, -0.25) is 9.69 Å². The number of rotatable bonds is 7. The molecular weight excluding hydrogens is 422 g/mol. The van der Waals surface area contributed by atoms with Crippen LogP contribution in [0.25, 0.3) is 0 Å². The van der Waals surface area contributed by atoms with Crippen molar-refractivity contribution in [3.05, 3.63) is 70.9 Å². The average molecular weight is 450 g/mol. The van der Waals surface area contributed by atoms with Gasteiger partial charge in [-0.1, -0.05) is 44.2 Å². The second-order valence-electron chi connectivity index (χ2n) is 8.20. The molecule has 2 heterocycles. The molecule has 0 bridgehead atoms. The number of para-hydroxylation sites is 1. The SMILES string of the molecule is CCOc1ccccc1[C@H]1NC(=O)N(CC(=O)Nc2cccc(C(C)C)c2)C2=C1C(=O)OC2. The van der Waals surface area contributed by atoms with Crippen molar-refractivity contribution in [3.8, 4) is 5.75 Å². The Morgan fingerprint density at radius 3 is 2.76 bits per heavy atom. The van der Waals surface area contributed by atoms with Crippen LogP contribution >= 0.6 is 0 Å². The summed E-state index contributed by atoms with van der Waals surface area (Å²) in [5.41, 5.74) is 3.12. The number of carbonyl (C=O) groups is 3. The lowest BCUT2D eigenvalue weighted by Crippen LogP contribution is -2.49. The monoisotopic (exact) mass is 449 g/mol. The highest BCUT2D eigenvalue weighted by molar-refractivity contribution is 6.00. The van der Waals surface area contributed by atoms with E-state index in [1.807, 2.05) is 37.3 Å². The Labute approximate surface area is 192 Å². The summed E-state index contributed by atoms with van der Waals surface area (Å²) in [7, 11) is 0. The van der Waals surface area contributed by atoms with Gasteiger partial charge in [0.1, 0.15) is 18.9 Å². The zero-order valence-electron chi connectivity index (χ0n) is 18.9. The molecule has 8 heteroatoms. The van der Waals surface area contributed by atoms with Crippen molar-refractivity contribution in [1.29, 1.82) is 0 Å². The number of amides is 3. The lowest BCUT2D eigenvalue weighted by atomic mass is 9.95. The molecule has 0 unspecified atom stereocenters. The van der Waals surface area contributed by atoms with E-state index in [9.17, 15) is 14.4 Å². The molecule has 172 valence electrons. The number of hydrogen-bond donors (Lipinski definition) is 2. The topological polar surface area (TPSA) is 97.0 Å². The van der Waals surface area contributed by atoms with Crippen LogP contribution in [0, 0.1) is 0 Å². The zero-order valence-corrected chi connectivity index (χ0v) is 18.9. The molecule has 0 radical (unpaired) electrons. The molecule has 0 spiro atoms. The van der Waals surface area contributed by atoms with Crippen LogP contribution in [-0.2, 0) is 14.3 Å². The first-order valence-corrected chi connectivity index (χ1v) is 11.0. The summed E-state index contributed by atoms with van der Waals surface area (Å²) < 4.78 is 10.9. The Morgan fingerprint density at radius 1 is 1.21 bits per heavy atom. The van der Waals surface area contributed by atoms with Crippen LogP contribution in [0.2, 0.25) is 0 Å². The van der Waals surface area contributed by atoms with E-state index in [4.69, 9.17) is 9.47 Å². The van der Waals surface area contributed by atoms with Crippen LogP contribution in [0.15, 0.2) is 59.8 Å². The highest BCUT2D eigenvalue weighted by atomic mass is 16.5. The molecule has 33 heavy (non-hydrogen) atoms. The fraction of sp³-hybridized carbons (Fsp3) is 0.320. The largest absolute Gasteiger partial charge is 0.494 e. The summed E-state index contributed by atoms with van der Waals surface area (Å²) in [4.78, 5) is 39.6. The van der Waals surface area contributed by atoms with Gasteiger partial charge in [0.15, 0.2) is 0 Å². The standard InChI is InChI=1S/C25H27N3O5/c1-4-32-20-11-6-5-10-18(20)23-22-19(14-33-24(22)30)28(25(31)27-23)13-21(29)26-17-9-7-8-16(12-17)15(2)3/h5-12,15,23H,4,13-14H2,1-3H3,(H,26,29)(H,27,31)/t23-/m1/s1. The van der Waals surface area contributed by atoms with Crippen LogP contribution in [0.5, 0.6) is 5.75 Å². The van der Waals surface area contributed by atoms with Gasteiger partial charge >= 0.3 is 12.0 Å². The molecule has 2 aromatic rings. The molecule has 2 aliphatic rings. The Hall–Kier alpha value is -3.81. The van der Waals surface area contributed by atoms with E-state index in [0.29, 0.717) is 40.8 Å². The molecule has 0 saturated carbocycles. The van der Waals surface area contributed by atoms with E-state index in [-0.39, 0.29) is 19.1 Å². The summed E-state index contributed by atoms with van der Waals surface area (Å²) in [6.45, 7) is 6.15. The molecule has 0 fully saturated rings. The minimum Gasteiger partial charge on any atom is -0.494 e. The van der Waals surface area contributed by atoms with Crippen molar-refractivity contribution in [2.24, 2.45) is 0 Å². The van der Waals surface area contributed by atoms with Gasteiger partial charge in [0, 0.05) is 11.3 Å². The highest BCUT2D eigenvalue weighted by Gasteiger charge is 2.43. The first kappa shape index (κ1) is 22.4. The maximum Gasteiger partial charge on any atom is 0.338 e. The fourth-order valence-corrected chi connectivity index (χ4v) is 4.04. The van der Waals surface area contributed by atoms with Gasteiger partial charge in [-0.05, 0) is 36.6 Å². The van der Waals surface area contributed by atoms with Crippen molar-refractivity contribution in [2.75, 3.05) is 25.1 Å². The summed E-state index contributed by atoms with van der Waals surface area (Å²) in [5.74, 6) is 0.00966. The number of benzene rings is 2. The highest BCUT2D eigenvalue weighted by Crippen LogP contribution is 2.38.